The van der Waals surface area contributed by atoms with Crippen LogP contribution in [0.15, 0.2) is 53.9 Å². The van der Waals surface area contributed by atoms with Gasteiger partial charge in [-0.1, -0.05) is 47.9 Å². The van der Waals surface area contributed by atoms with Crippen LogP contribution in [0.3, 0.4) is 0 Å². The van der Waals surface area contributed by atoms with Crippen molar-refractivity contribution in [3.8, 4) is 0 Å². The molecule has 0 radical (unpaired) electrons. The van der Waals surface area contributed by atoms with E-state index < -0.39 is 11.7 Å². The van der Waals surface area contributed by atoms with E-state index in [2.05, 4.69) is 16.8 Å². The molecule has 2 nitrogen and oxygen atoms in total. The van der Waals surface area contributed by atoms with Crippen molar-refractivity contribution in [3.05, 3.63) is 81.7 Å². The van der Waals surface area contributed by atoms with Crippen molar-refractivity contribution < 1.29 is 18.0 Å². The van der Waals surface area contributed by atoms with Crippen molar-refractivity contribution in [2.75, 3.05) is 0 Å². The van der Waals surface area contributed by atoms with Gasteiger partial charge in [0.2, 0.25) is 5.91 Å². The number of alkyl halides is 3. The van der Waals surface area contributed by atoms with Gasteiger partial charge >= 0.3 is 6.18 Å². The number of rotatable bonds is 5. The molecule has 27 heavy (non-hydrogen) atoms. The molecule has 0 spiro atoms. The smallest absolute Gasteiger partial charge is 0.350 e. The van der Waals surface area contributed by atoms with Crippen molar-refractivity contribution in [2.45, 2.75) is 32.0 Å². The van der Waals surface area contributed by atoms with Gasteiger partial charge in [-0.2, -0.15) is 13.2 Å². The second-order valence-electron chi connectivity index (χ2n) is 6.41. The van der Waals surface area contributed by atoms with E-state index in [1.807, 2.05) is 37.3 Å². The lowest BCUT2D eigenvalue weighted by Crippen LogP contribution is -2.27. The number of amides is 1. The molecule has 138 valence electrons. The SMILES string of the molecule is C[C@@H](NC(=O)CCc1cccc(C(F)(F)F)c1)c1cccc2c1C=C=C=C2. The van der Waals surface area contributed by atoms with E-state index in [9.17, 15) is 18.0 Å². The van der Waals surface area contributed by atoms with E-state index in [0.29, 0.717) is 5.56 Å². The Labute approximate surface area is 155 Å². The number of hydrogen-bond donors (Lipinski definition) is 1. The summed E-state index contributed by atoms with van der Waals surface area (Å²) >= 11 is 0. The van der Waals surface area contributed by atoms with Gasteiger partial charge in [0.15, 0.2) is 0 Å². The first-order valence-corrected chi connectivity index (χ1v) is 8.60. The van der Waals surface area contributed by atoms with Crippen LogP contribution in [0.4, 0.5) is 13.2 Å². The quantitative estimate of drug-likeness (QED) is 0.607. The zero-order valence-electron chi connectivity index (χ0n) is 14.7. The lowest BCUT2D eigenvalue weighted by molar-refractivity contribution is -0.137. The molecular formula is C22H18F3NO. The third-order valence-electron chi connectivity index (χ3n) is 4.44. The van der Waals surface area contributed by atoms with Gasteiger partial charge in [-0.05, 0) is 53.8 Å². The van der Waals surface area contributed by atoms with Crippen molar-refractivity contribution in [2.24, 2.45) is 0 Å². The highest BCUT2D eigenvalue weighted by atomic mass is 19.4. The fraction of sp³-hybridized carbons (Fsp3) is 0.227. The molecule has 1 aliphatic rings. The van der Waals surface area contributed by atoms with Crippen LogP contribution in [0.2, 0.25) is 0 Å². The van der Waals surface area contributed by atoms with Crippen LogP contribution >= 0.6 is 0 Å². The van der Waals surface area contributed by atoms with Crippen molar-refractivity contribution >= 4 is 18.1 Å². The molecule has 1 aliphatic carbocycles. The van der Waals surface area contributed by atoms with Crippen molar-refractivity contribution in [1.29, 1.82) is 0 Å². The number of nitrogens with one attached hydrogen (secondary N) is 1. The van der Waals surface area contributed by atoms with Crippen molar-refractivity contribution in [1.82, 2.24) is 5.32 Å². The van der Waals surface area contributed by atoms with Gasteiger partial charge in [-0.15, -0.1) is 0 Å². The normalized spacial score (nSPS) is 13.3. The molecule has 0 saturated heterocycles. The van der Waals surface area contributed by atoms with E-state index in [4.69, 9.17) is 0 Å². The number of benzene rings is 2. The molecule has 0 aliphatic heterocycles. The maximum absolute atomic E-state index is 12.8. The molecule has 0 saturated carbocycles. The molecule has 5 heteroatoms. The molecule has 3 rings (SSSR count). The molecule has 1 atom stereocenters. The second kappa shape index (κ2) is 7.71. The molecule has 2 aromatic rings. The maximum atomic E-state index is 12.8. The second-order valence-corrected chi connectivity index (χ2v) is 6.41. The van der Waals surface area contributed by atoms with Crippen LogP contribution in [-0.2, 0) is 17.4 Å². The standard InChI is InChI=1S/C22H18F3NO/c1-15(19-11-5-8-17-7-2-3-10-20(17)19)26-21(27)13-12-16-6-4-9-18(14-16)22(23,24)25/h4-11,14-15H,12-13H2,1H3,(H,26,27)/t15-/m1/s1. The van der Waals surface area contributed by atoms with Crippen LogP contribution < -0.4 is 5.32 Å². The first-order valence-electron chi connectivity index (χ1n) is 8.60. The number of carbonyl (C=O) groups excluding carboxylic acids is 1. The summed E-state index contributed by atoms with van der Waals surface area (Å²) in [5.74, 6) is -0.205. The van der Waals surface area contributed by atoms with Crippen LogP contribution in [0.25, 0.3) is 12.2 Å². The lowest BCUT2D eigenvalue weighted by atomic mass is 9.95. The third kappa shape index (κ3) is 4.59. The fourth-order valence-corrected chi connectivity index (χ4v) is 3.06. The number of halogens is 3. The molecule has 1 amide bonds. The summed E-state index contributed by atoms with van der Waals surface area (Å²) in [6.07, 6.45) is -0.344. The van der Waals surface area contributed by atoms with E-state index >= 15 is 0 Å². The average Bonchev–Trinajstić information content (AvgIpc) is 2.65. The number of aryl methyl sites for hydroxylation is 1. The van der Waals surface area contributed by atoms with Gasteiger partial charge < -0.3 is 5.32 Å². The first-order chi connectivity index (χ1) is 12.8. The number of hydrogen-bond acceptors (Lipinski definition) is 1. The van der Waals surface area contributed by atoms with Crippen LogP contribution in [0.5, 0.6) is 0 Å². The number of carbonyl (C=O) groups is 1. The Morgan fingerprint density at radius 2 is 1.85 bits per heavy atom. The van der Waals surface area contributed by atoms with E-state index in [1.54, 1.807) is 6.07 Å². The lowest BCUT2D eigenvalue weighted by Gasteiger charge is -2.18. The Kier molecular flexibility index (Phi) is 5.36. The van der Waals surface area contributed by atoms with Gasteiger partial charge in [0.05, 0.1) is 11.6 Å². The molecule has 0 bridgehead atoms. The van der Waals surface area contributed by atoms with Gasteiger partial charge in [-0.25, -0.2) is 0 Å². The van der Waals surface area contributed by atoms with E-state index in [-0.39, 0.29) is 24.8 Å². The third-order valence-corrected chi connectivity index (χ3v) is 4.44. The monoisotopic (exact) mass is 369 g/mol. The molecular weight excluding hydrogens is 351 g/mol. The summed E-state index contributed by atoms with van der Waals surface area (Å²) in [6.45, 7) is 1.88. The summed E-state index contributed by atoms with van der Waals surface area (Å²) in [7, 11) is 0. The zero-order valence-corrected chi connectivity index (χ0v) is 14.7. The molecule has 0 unspecified atom stereocenters. The minimum absolute atomic E-state index is 0.121. The van der Waals surface area contributed by atoms with E-state index in [0.717, 1.165) is 28.8 Å². The first kappa shape index (κ1) is 18.8. The summed E-state index contributed by atoms with van der Waals surface area (Å²) < 4.78 is 38.3. The van der Waals surface area contributed by atoms with Gasteiger partial charge in [0.25, 0.3) is 0 Å². The predicted octanol–water partition coefficient (Wildman–Crippen LogP) is 5.31. The summed E-state index contributed by atoms with van der Waals surface area (Å²) in [5.41, 5.74) is 8.58. The minimum atomic E-state index is -4.38. The maximum Gasteiger partial charge on any atom is 0.416 e. The highest BCUT2D eigenvalue weighted by Gasteiger charge is 2.30. The summed E-state index contributed by atoms with van der Waals surface area (Å²) in [6, 6.07) is 10.7. The van der Waals surface area contributed by atoms with Gasteiger partial charge in [-0.3, -0.25) is 4.79 Å². The van der Waals surface area contributed by atoms with Crippen LogP contribution in [0.1, 0.15) is 47.2 Å². The minimum Gasteiger partial charge on any atom is -0.350 e. The molecule has 0 fully saturated rings. The predicted molar refractivity (Wildman–Crippen MR) is 98.7 cm³/mol. The highest BCUT2D eigenvalue weighted by Crippen LogP contribution is 2.30. The highest BCUT2D eigenvalue weighted by molar-refractivity contribution is 5.77. The van der Waals surface area contributed by atoms with E-state index in [1.165, 1.54) is 6.07 Å². The molecule has 0 aromatic heterocycles. The average molecular weight is 369 g/mol. The summed E-state index contributed by atoms with van der Waals surface area (Å²) in [5, 5.41) is 2.92. The van der Waals surface area contributed by atoms with Crippen molar-refractivity contribution in [3.63, 3.8) is 0 Å². The van der Waals surface area contributed by atoms with Gasteiger partial charge in [0.1, 0.15) is 0 Å². The molecule has 2 aromatic carbocycles. The Morgan fingerprint density at radius 1 is 1.11 bits per heavy atom. The molecule has 0 heterocycles. The van der Waals surface area contributed by atoms with Crippen LogP contribution in [0, 0.1) is 0 Å². The molecule has 1 N–H and O–H groups in total. The zero-order chi connectivity index (χ0) is 19.4. The Balaban J connectivity index is 1.62. The van der Waals surface area contributed by atoms with Crippen LogP contribution in [-0.4, -0.2) is 5.91 Å². The topological polar surface area (TPSA) is 29.1 Å². The fourth-order valence-electron chi connectivity index (χ4n) is 3.06. The van der Waals surface area contributed by atoms with Gasteiger partial charge in [0, 0.05) is 6.42 Å². The largest absolute Gasteiger partial charge is 0.416 e. The Bertz CT molecular complexity index is 962. The summed E-state index contributed by atoms with van der Waals surface area (Å²) in [4.78, 5) is 12.3. The Morgan fingerprint density at radius 3 is 2.63 bits per heavy atom. The Hall–Kier alpha value is -3.00. The number of fused-ring (bicyclic) bond motifs is 1.